The first-order valence-electron chi connectivity index (χ1n) is 4.41. The van der Waals surface area contributed by atoms with Crippen LogP contribution in [0.2, 0.25) is 0 Å². The summed E-state index contributed by atoms with van der Waals surface area (Å²) in [6.45, 7) is 4.08. The number of aliphatic imine (C=N–C) groups is 1. The van der Waals surface area contributed by atoms with Gasteiger partial charge in [-0.25, -0.2) is 0 Å². The van der Waals surface area contributed by atoms with E-state index in [1.165, 1.54) is 11.1 Å². The van der Waals surface area contributed by atoms with Gasteiger partial charge < -0.3 is 0 Å². The third-order valence-electron chi connectivity index (χ3n) is 2.13. The molecule has 0 amide bonds. The van der Waals surface area contributed by atoms with Gasteiger partial charge in [-0.2, -0.15) is 0 Å². The molecule has 1 aromatic heterocycles. The van der Waals surface area contributed by atoms with Gasteiger partial charge in [0.1, 0.15) is 0 Å². The molecule has 1 aromatic rings. The average molecular weight is 172 g/mol. The molecule has 0 saturated heterocycles. The fourth-order valence-corrected chi connectivity index (χ4v) is 1.37. The highest BCUT2D eigenvalue weighted by Gasteiger charge is 2.08. The molecule has 0 N–H and O–H groups in total. The molecule has 2 heterocycles. The lowest BCUT2D eigenvalue weighted by molar-refractivity contribution is 1.21. The van der Waals surface area contributed by atoms with E-state index in [0.29, 0.717) is 0 Å². The first-order chi connectivity index (χ1) is 6.25. The van der Waals surface area contributed by atoms with Gasteiger partial charge in [-0.05, 0) is 25.5 Å². The normalized spacial score (nSPS) is 15.5. The highest BCUT2D eigenvalue weighted by Crippen LogP contribution is 2.21. The van der Waals surface area contributed by atoms with Crippen molar-refractivity contribution >= 4 is 11.3 Å². The Morgan fingerprint density at radius 2 is 2.08 bits per heavy atom. The summed E-state index contributed by atoms with van der Waals surface area (Å²) in [4.78, 5) is 8.58. The summed E-state index contributed by atoms with van der Waals surface area (Å²) in [6, 6.07) is 4.13. The van der Waals surface area contributed by atoms with Gasteiger partial charge in [0.2, 0.25) is 0 Å². The number of aryl methyl sites for hydroxylation is 1. The van der Waals surface area contributed by atoms with Crippen LogP contribution in [0.3, 0.4) is 0 Å². The van der Waals surface area contributed by atoms with Gasteiger partial charge in [0.15, 0.2) is 0 Å². The van der Waals surface area contributed by atoms with Crippen LogP contribution in [-0.2, 0) is 0 Å². The van der Waals surface area contributed by atoms with E-state index in [4.69, 9.17) is 0 Å². The number of pyridine rings is 1. The molecule has 13 heavy (non-hydrogen) atoms. The van der Waals surface area contributed by atoms with Crippen LogP contribution in [0.25, 0.3) is 5.57 Å². The molecular formula is C11H12N2. The van der Waals surface area contributed by atoms with Gasteiger partial charge in [-0.3, -0.25) is 9.98 Å². The third-order valence-corrected chi connectivity index (χ3v) is 2.13. The molecule has 0 aliphatic carbocycles. The van der Waals surface area contributed by atoms with Crippen molar-refractivity contribution in [1.29, 1.82) is 0 Å². The van der Waals surface area contributed by atoms with E-state index >= 15 is 0 Å². The van der Waals surface area contributed by atoms with E-state index < -0.39 is 0 Å². The number of nitrogens with zero attached hydrogens (tertiary/aromatic N) is 2. The van der Waals surface area contributed by atoms with Gasteiger partial charge in [0.05, 0.1) is 5.69 Å². The van der Waals surface area contributed by atoms with E-state index in [-0.39, 0.29) is 0 Å². The van der Waals surface area contributed by atoms with Crippen molar-refractivity contribution in [3.8, 4) is 0 Å². The van der Waals surface area contributed by atoms with Crippen molar-refractivity contribution in [3.63, 3.8) is 0 Å². The van der Waals surface area contributed by atoms with Gasteiger partial charge in [-0.15, -0.1) is 0 Å². The first-order valence-corrected chi connectivity index (χ1v) is 4.41. The molecule has 2 rings (SSSR count). The lowest BCUT2D eigenvalue weighted by Crippen LogP contribution is -1.91. The average Bonchev–Trinajstić information content (AvgIpc) is 2.53. The molecule has 1 aliphatic rings. The van der Waals surface area contributed by atoms with Crippen LogP contribution >= 0.6 is 0 Å². The second-order valence-electron chi connectivity index (χ2n) is 3.42. The summed E-state index contributed by atoms with van der Waals surface area (Å²) < 4.78 is 0. The number of allylic oxidation sites excluding steroid dienone is 1. The van der Waals surface area contributed by atoms with Crippen LogP contribution in [0.1, 0.15) is 24.6 Å². The Morgan fingerprint density at radius 1 is 1.23 bits per heavy atom. The highest BCUT2D eigenvalue weighted by molar-refractivity contribution is 5.96. The Balaban J connectivity index is 2.24. The van der Waals surface area contributed by atoms with Crippen LogP contribution in [0, 0.1) is 6.92 Å². The van der Waals surface area contributed by atoms with Crippen molar-refractivity contribution in [2.24, 2.45) is 4.99 Å². The maximum absolute atomic E-state index is 4.35. The number of hydrogen-bond acceptors (Lipinski definition) is 2. The number of rotatable bonds is 1. The minimum atomic E-state index is 0.941. The van der Waals surface area contributed by atoms with E-state index in [0.717, 1.165) is 17.8 Å². The Morgan fingerprint density at radius 3 is 2.62 bits per heavy atom. The smallest absolute Gasteiger partial charge is 0.0681 e. The SMILES string of the molecule is CC1=NC=C(c2ccc(C)cn2)C1. The minimum absolute atomic E-state index is 0.941. The topological polar surface area (TPSA) is 25.2 Å². The Bertz CT molecular complexity index is 372. The third kappa shape index (κ3) is 1.66. The molecule has 0 spiro atoms. The molecule has 0 unspecified atom stereocenters. The first kappa shape index (κ1) is 8.17. The van der Waals surface area contributed by atoms with Crippen LogP contribution in [0.15, 0.2) is 29.5 Å². The fraction of sp³-hybridized carbons (Fsp3) is 0.273. The molecule has 0 bridgehead atoms. The predicted octanol–water partition coefficient (Wildman–Crippen LogP) is 2.60. The summed E-state index contributed by atoms with van der Waals surface area (Å²) in [5.41, 5.74) is 4.63. The monoisotopic (exact) mass is 172 g/mol. The quantitative estimate of drug-likeness (QED) is 0.639. The van der Waals surface area contributed by atoms with Crippen LogP contribution in [-0.4, -0.2) is 10.7 Å². The van der Waals surface area contributed by atoms with Crippen LogP contribution in [0.4, 0.5) is 0 Å². The summed E-state index contributed by atoms with van der Waals surface area (Å²) in [5.74, 6) is 0. The zero-order chi connectivity index (χ0) is 9.26. The Kier molecular flexibility index (Phi) is 1.97. The second-order valence-corrected chi connectivity index (χ2v) is 3.42. The summed E-state index contributed by atoms with van der Waals surface area (Å²) >= 11 is 0. The Labute approximate surface area is 78.0 Å². The van der Waals surface area contributed by atoms with Gasteiger partial charge in [0.25, 0.3) is 0 Å². The summed E-state index contributed by atoms with van der Waals surface area (Å²) in [7, 11) is 0. The number of aromatic nitrogens is 1. The largest absolute Gasteiger partial charge is 0.265 e. The molecule has 0 saturated carbocycles. The Hall–Kier alpha value is -1.44. The van der Waals surface area contributed by atoms with Crippen molar-refractivity contribution in [2.75, 3.05) is 0 Å². The highest BCUT2D eigenvalue weighted by atomic mass is 14.8. The van der Waals surface area contributed by atoms with Crippen LogP contribution in [0.5, 0.6) is 0 Å². The van der Waals surface area contributed by atoms with Gasteiger partial charge in [0, 0.05) is 30.1 Å². The molecule has 0 radical (unpaired) electrons. The zero-order valence-electron chi connectivity index (χ0n) is 7.91. The van der Waals surface area contributed by atoms with Gasteiger partial charge >= 0.3 is 0 Å². The summed E-state index contributed by atoms with van der Waals surface area (Å²) in [5, 5.41) is 0. The van der Waals surface area contributed by atoms with Crippen molar-refractivity contribution in [3.05, 3.63) is 35.8 Å². The molecular weight excluding hydrogens is 160 g/mol. The molecule has 2 heteroatoms. The lowest BCUT2D eigenvalue weighted by Gasteiger charge is -2.00. The van der Waals surface area contributed by atoms with Gasteiger partial charge in [-0.1, -0.05) is 6.07 Å². The lowest BCUT2D eigenvalue weighted by atomic mass is 10.1. The second kappa shape index (κ2) is 3.13. The molecule has 0 aromatic carbocycles. The van der Waals surface area contributed by atoms with E-state index in [1.807, 2.05) is 26.2 Å². The molecule has 0 fully saturated rings. The standard InChI is InChI=1S/C11H12N2/c1-8-3-4-11(13-6-8)10-5-9(2)12-7-10/h3-4,6-7H,5H2,1-2H3. The van der Waals surface area contributed by atoms with Crippen LogP contribution < -0.4 is 0 Å². The molecule has 2 nitrogen and oxygen atoms in total. The van der Waals surface area contributed by atoms with Crippen molar-refractivity contribution in [2.45, 2.75) is 20.3 Å². The van der Waals surface area contributed by atoms with Crippen molar-refractivity contribution in [1.82, 2.24) is 4.98 Å². The number of hydrogen-bond donors (Lipinski definition) is 0. The van der Waals surface area contributed by atoms with E-state index in [1.54, 1.807) is 0 Å². The van der Waals surface area contributed by atoms with E-state index in [9.17, 15) is 0 Å². The van der Waals surface area contributed by atoms with Crippen molar-refractivity contribution < 1.29 is 0 Å². The zero-order valence-corrected chi connectivity index (χ0v) is 7.91. The fourth-order valence-electron chi connectivity index (χ4n) is 1.37. The minimum Gasteiger partial charge on any atom is -0.265 e. The summed E-state index contributed by atoms with van der Waals surface area (Å²) in [6.07, 6.45) is 4.74. The molecule has 0 atom stereocenters. The molecule has 1 aliphatic heterocycles. The van der Waals surface area contributed by atoms with E-state index in [2.05, 4.69) is 22.1 Å². The maximum Gasteiger partial charge on any atom is 0.0681 e. The molecule has 66 valence electrons. The maximum atomic E-state index is 4.35. The predicted molar refractivity (Wildman–Crippen MR) is 54.7 cm³/mol.